The Kier molecular flexibility index (Phi) is 5.75. The van der Waals surface area contributed by atoms with Gasteiger partial charge in [0.25, 0.3) is 0 Å². The molecule has 2 aromatic heterocycles. The molecule has 206 valence electrons. The Labute approximate surface area is 259 Å². The van der Waals surface area contributed by atoms with E-state index in [0.717, 1.165) is 0 Å². The van der Waals surface area contributed by atoms with E-state index in [1.54, 1.807) is 0 Å². The van der Waals surface area contributed by atoms with Crippen LogP contribution in [0.4, 0.5) is 0 Å². The fraction of sp³-hybridized carbons (Fsp3) is 0. The molecule has 7 aromatic carbocycles. The predicted molar refractivity (Wildman–Crippen MR) is 190 cm³/mol. The maximum absolute atomic E-state index is 2.43. The van der Waals surface area contributed by atoms with E-state index >= 15 is 0 Å². The van der Waals surface area contributed by atoms with Crippen LogP contribution in [-0.2, 0) is 0 Å². The largest absolute Gasteiger partial charge is 0.309 e. The first kappa shape index (κ1) is 25.1. The quantitative estimate of drug-likeness (QED) is 0.196. The van der Waals surface area contributed by atoms with Gasteiger partial charge in [-0.1, -0.05) is 133 Å². The highest BCUT2D eigenvalue weighted by Gasteiger charge is 2.15. The average molecular weight is 578 g/mol. The van der Waals surface area contributed by atoms with Crippen LogP contribution in [0.15, 0.2) is 164 Å². The lowest BCUT2D eigenvalue weighted by atomic mass is 9.99. The summed E-state index contributed by atoms with van der Waals surface area (Å²) in [5.41, 5.74) is 11.0. The summed E-state index contributed by atoms with van der Waals surface area (Å²) in [6.07, 6.45) is 0. The molecule has 0 saturated carbocycles. The average Bonchev–Trinajstić information content (AvgIpc) is 3.64. The molecule has 9 rings (SSSR count). The van der Waals surface area contributed by atoms with Crippen molar-refractivity contribution in [3.8, 4) is 39.1 Å². The van der Waals surface area contributed by atoms with Gasteiger partial charge in [0, 0.05) is 36.6 Å². The molecule has 9 aromatic rings. The van der Waals surface area contributed by atoms with E-state index in [4.69, 9.17) is 0 Å². The Balaban J connectivity index is 1.21. The van der Waals surface area contributed by atoms with E-state index < -0.39 is 0 Å². The van der Waals surface area contributed by atoms with Crippen LogP contribution in [0.3, 0.4) is 0 Å². The first-order valence-corrected chi connectivity index (χ1v) is 15.8. The molecule has 0 aliphatic heterocycles. The second-order valence-corrected chi connectivity index (χ2v) is 12.4. The SMILES string of the molecule is c1ccc(-c2ccc(-c3ccc4c5ccccc5n(-c5cccc(-c6cccc7c6sc6ccccc67)c5)c4c3)cc2)cc1. The molecule has 0 unspecified atom stereocenters. The first-order chi connectivity index (χ1) is 21.8. The van der Waals surface area contributed by atoms with Crippen LogP contribution in [0.5, 0.6) is 0 Å². The zero-order valence-corrected chi connectivity index (χ0v) is 24.8. The minimum atomic E-state index is 1.17. The lowest BCUT2D eigenvalue weighted by Crippen LogP contribution is -1.94. The summed E-state index contributed by atoms with van der Waals surface area (Å²) in [6.45, 7) is 0. The van der Waals surface area contributed by atoms with Gasteiger partial charge in [-0.3, -0.25) is 0 Å². The molecule has 2 heteroatoms. The maximum Gasteiger partial charge on any atom is 0.0547 e. The number of para-hydroxylation sites is 1. The van der Waals surface area contributed by atoms with Crippen LogP contribution >= 0.6 is 11.3 Å². The molecule has 0 atom stereocenters. The van der Waals surface area contributed by atoms with Crippen molar-refractivity contribution in [2.75, 3.05) is 0 Å². The van der Waals surface area contributed by atoms with E-state index in [2.05, 4.69) is 168 Å². The van der Waals surface area contributed by atoms with Crippen LogP contribution in [0.2, 0.25) is 0 Å². The summed E-state index contributed by atoms with van der Waals surface area (Å²) in [5.74, 6) is 0. The van der Waals surface area contributed by atoms with Crippen LogP contribution < -0.4 is 0 Å². The summed E-state index contributed by atoms with van der Waals surface area (Å²) in [4.78, 5) is 0. The molecular formula is C42H27NS. The highest BCUT2D eigenvalue weighted by molar-refractivity contribution is 7.26. The molecule has 0 bridgehead atoms. The van der Waals surface area contributed by atoms with E-state index in [-0.39, 0.29) is 0 Å². The van der Waals surface area contributed by atoms with E-state index in [1.165, 1.54) is 81.0 Å². The third-order valence-corrected chi connectivity index (χ3v) is 10.0. The normalized spacial score (nSPS) is 11.6. The standard InChI is InChI=1S/C42H27NS/c1-2-10-28(11-3-1)29-20-22-30(23-21-29)31-24-25-36-35-14-4-6-18-39(35)43(40(36)27-31)33-13-8-12-32(26-33)34-16-9-17-38-37-15-5-7-19-41(37)44-42(34)38/h1-27H. The zero-order chi connectivity index (χ0) is 29.0. The van der Waals surface area contributed by atoms with Crippen molar-refractivity contribution in [2.45, 2.75) is 0 Å². The third kappa shape index (κ3) is 4.00. The molecule has 2 heterocycles. The van der Waals surface area contributed by atoms with Gasteiger partial charge >= 0.3 is 0 Å². The smallest absolute Gasteiger partial charge is 0.0547 e. The minimum Gasteiger partial charge on any atom is -0.309 e. The van der Waals surface area contributed by atoms with E-state index in [1.807, 2.05) is 11.3 Å². The topological polar surface area (TPSA) is 4.93 Å². The number of aromatic nitrogens is 1. The van der Waals surface area contributed by atoms with Crippen molar-refractivity contribution in [3.05, 3.63) is 164 Å². The number of rotatable bonds is 4. The van der Waals surface area contributed by atoms with E-state index in [9.17, 15) is 0 Å². The highest BCUT2D eigenvalue weighted by atomic mass is 32.1. The number of hydrogen-bond donors (Lipinski definition) is 0. The molecule has 0 spiro atoms. The predicted octanol–water partition coefficient (Wildman–Crippen LogP) is 12.2. The van der Waals surface area contributed by atoms with Crippen molar-refractivity contribution >= 4 is 53.3 Å². The van der Waals surface area contributed by atoms with Crippen LogP contribution in [-0.4, -0.2) is 4.57 Å². The zero-order valence-electron chi connectivity index (χ0n) is 23.9. The molecular weight excluding hydrogens is 551 g/mol. The van der Waals surface area contributed by atoms with Crippen LogP contribution in [0, 0.1) is 0 Å². The van der Waals surface area contributed by atoms with Gasteiger partial charge in [0.2, 0.25) is 0 Å². The summed E-state index contributed by atoms with van der Waals surface area (Å²) in [6, 6.07) is 59.6. The molecule has 0 radical (unpaired) electrons. The Morgan fingerprint density at radius 3 is 1.84 bits per heavy atom. The Hall–Kier alpha value is -5.44. The van der Waals surface area contributed by atoms with Crippen LogP contribution in [0.1, 0.15) is 0 Å². The number of thiophene rings is 1. The molecule has 0 aliphatic carbocycles. The van der Waals surface area contributed by atoms with Gasteiger partial charge in [0.15, 0.2) is 0 Å². The van der Waals surface area contributed by atoms with Crippen molar-refractivity contribution < 1.29 is 0 Å². The minimum absolute atomic E-state index is 1.17. The van der Waals surface area contributed by atoms with Gasteiger partial charge in [0.1, 0.15) is 0 Å². The number of nitrogens with zero attached hydrogens (tertiary/aromatic N) is 1. The van der Waals surface area contributed by atoms with Crippen molar-refractivity contribution in [3.63, 3.8) is 0 Å². The van der Waals surface area contributed by atoms with Crippen LogP contribution in [0.25, 0.3) is 81.0 Å². The summed E-state index contributed by atoms with van der Waals surface area (Å²) in [5, 5.41) is 5.19. The molecule has 0 fully saturated rings. The third-order valence-electron chi connectivity index (χ3n) is 8.82. The lowest BCUT2D eigenvalue weighted by molar-refractivity contribution is 1.18. The van der Waals surface area contributed by atoms with Gasteiger partial charge < -0.3 is 4.57 Å². The fourth-order valence-corrected chi connectivity index (χ4v) is 7.94. The Morgan fingerprint density at radius 1 is 0.364 bits per heavy atom. The number of benzene rings is 7. The monoisotopic (exact) mass is 577 g/mol. The van der Waals surface area contributed by atoms with Crippen molar-refractivity contribution in [1.29, 1.82) is 0 Å². The number of fused-ring (bicyclic) bond motifs is 6. The molecule has 0 amide bonds. The molecule has 0 saturated heterocycles. The molecule has 1 nitrogen and oxygen atoms in total. The van der Waals surface area contributed by atoms with Gasteiger partial charge in [0.05, 0.1) is 11.0 Å². The summed E-state index contributed by atoms with van der Waals surface area (Å²) in [7, 11) is 0. The van der Waals surface area contributed by atoms with Gasteiger partial charge in [-0.25, -0.2) is 0 Å². The Morgan fingerprint density at radius 2 is 0.977 bits per heavy atom. The first-order valence-electron chi connectivity index (χ1n) is 15.0. The Bertz CT molecular complexity index is 2480. The van der Waals surface area contributed by atoms with Crippen molar-refractivity contribution in [1.82, 2.24) is 4.57 Å². The highest BCUT2D eigenvalue weighted by Crippen LogP contribution is 2.41. The number of hydrogen-bond acceptors (Lipinski definition) is 1. The lowest BCUT2D eigenvalue weighted by Gasteiger charge is -2.12. The fourth-order valence-electron chi connectivity index (χ4n) is 6.70. The van der Waals surface area contributed by atoms with E-state index in [0.29, 0.717) is 0 Å². The molecule has 0 aliphatic rings. The second kappa shape index (κ2) is 10.1. The second-order valence-electron chi connectivity index (χ2n) is 11.4. The van der Waals surface area contributed by atoms with Crippen molar-refractivity contribution in [2.24, 2.45) is 0 Å². The van der Waals surface area contributed by atoms with Gasteiger partial charge in [-0.05, 0) is 63.7 Å². The molecule has 0 N–H and O–H groups in total. The summed E-state index contributed by atoms with van der Waals surface area (Å²) < 4.78 is 5.10. The molecule has 44 heavy (non-hydrogen) atoms. The van der Waals surface area contributed by atoms with Gasteiger partial charge in [-0.15, -0.1) is 11.3 Å². The maximum atomic E-state index is 2.43. The van der Waals surface area contributed by atoms with Gasteiger partial charge in [-0.2, -0.15) is 0 Å². The summed E-state index contributed by atoms with van der Waals surface area (Å²) >= 11 is 1.88.